The van der Waals surface area contributed by atoms with Crippen LogP contribution < -0.4 is 4.74 Å². The molecule has 0 saturated heterocycles. The van der Waals surface area contributed by atoms with Crippen LogP contribution in [0.2, 0.25) is 5.02 Å². The van der Waals surface area contributed by atoms with Crippen molar-refractivity contribution in [2.75, 3.05) is 0 Å². The van der Waals surface area contributed by atoms with Crippen molar-refractivity contribution < 1.29 is 22.4 Å². The number of sulfone groups is 1. The molecule has 0 unspecified atom stereocenters. The van der Waals surface area contributed by atoms with Gasteiger partial charge in [-0.2, -0.15) is 0 Å². The van der Waals surface area contributed by atoms with Crippen molar-refractivity contribution in [2.24, 2.45) is 0 Å². The highest BCUT2D eigenvalue weighted by molar-refractivity contribution is 9.10. The molecular formula is C17H10BrClO5S. The molecule has 0 aliphatic heterocycles. The van der Waals surface area contributed by atoms with Crippen LogP contribution in [0.3, 0.4) is 0 Å². The van der Waals surface area contributed by atoms with E-state index in [0.717, 1.165) is 4.47 Å². The van der Waals surface area contributed by atoms with Crippen molar-refractivity contribution in [2.45, 2.75) is 9.99 Å². The zero-order valence-corrected chi connectivity index (χ0v) is 15.6. The second-order valence-corrected chi connectivity index (χ2v) is 8.15. The van der Waals surface area contributed by atoms with Gasteiger partial charge < -0.3 is 9.15 Å². The van der Waals surface area contributed by atoms with E-state index in [9.17, 15) is 13.2 Å². The van der Waals surface area contributed by atoms with Crippen molar-refractivity contribution in [3.63, 3.8) is 0 Å². The number of ether oxygens (including phenoxy) is 1. The molecule has 25 heavy (non-hydrogen) atoms. The maximum atomic E-state index is 12.5. The first-order valence-corrected chi connectivity index (χ1v) is 9.60. The predicted molar refractivity (Wildman–Crippen MR) is 94.7 cm³/mol. The second kappa shape index (κ2) is 7.03. The lowest BCUT2D eigenvalue weighted by molar-refractivity contribution is 0.0695. The Morgan fingerprint density at radius 3 is 2.24 bits per heavy atom. The molecule has 0 aliphatic carbocycles. The average Bonchev–Trinajstić information content (AvgIpc) is 3.08. The number of carbonyl (C=O) groups is 1. The Labute approximate surface area is 157 Å². The average molecular weight is 442 g/mol. The summed E-state index contributed by atoms with van der Waals surface area (Å²) in [5.74, 6) is -0.756. The van der Waals surface area contributed by atoms with Crippen LogP contribution in [0.4, 0.5) is 0 Å². The topological polar surface area (TPSA) is 73.6 Å². The summed E-state index contributed by atoms with van der Waals surface area (Å²) in [4.78, 5) is 12.1. The molecule has 8 heteroatoms. The van der Waals surface area contributed by atoms with Gasteiger partial charge in [0.1, 0.15) is 5.75 Å². The molecule has 3 rings (SSSR count). The molecule has 0 atom stereocenters. The van der Waals surface area contributed by atoms with Crippen LogP contribution in [-0.4, -0.2) is 14.4 Å². The lowest BCUT2D eigenvalue weighted by atomic mass is 10.3. The van der Waals surface area contributed by atoms with Gasteiger partial charge in [-0.15, -0.1) is 0 Å². The van der Waals surface area contributed by atoms with Gasteiger partial charge in [0, 0.05) is 9.50 Å². The molecule has 0 bridgehead atoms. The van der Waals surface area contributed by atoms with Crippen molar-refractivity contribution in [1.29, 1.82) is 0 Å². The van der Waals surface area contributed by atoms with Crippen molar-refractivity contribution in [3.05, 3.63) is 75.9 Å². The first-order valence-electron chi connectivity index (χ1n) is 6.94. The summed E-state index contributed by atoms with van der Waals surface area (Å²) in [6.07, 6.45) is 0. The summed E-state index contributed by atoms with van der Waals surface area (Å²) in [6.45, 7) is 0. The summed E-state index contributed by atoms with van der Waals surface area (Å²) in [5, 5.41) is 0.165. The maximum Gasteiger partial charge on any atom is 0.379 e. The van der Waals surface area contributed by atoms with Crippen molar-refractivity contribution >= 4 is 43.3 Å². The third kappa shape index (κ3) is 3.95. The minimum Gasteiger partial charge on any atom is -0.437 e. The Morgan fingerprint density at radius 1 is 0.960 bits per heavy atom. The standard InChI is InChI=1S/C17H10BrClO5S/c18-11-1-7-14(8-2-11)25(21,22)16-10-9-15(24-16)17(20)23-13-5-3-12(19)4-6-13/h1-10H. The second-order valence-electron chi connectivity index (χ2n) is 4.92. The number of halogens is 2. The molecule has 0 N–H and O–H groups in total. The minimum absolute atomic E-state index is 0.0580. The number of rotatable bonds is 4. The Balaban J connectivity index is 1.82. The Hall–Kier alpha value is -2.09. The van der Waals surface area contributed by atoms with E-state index in [1.54, 1.807) is 24.3 Å². The van der Waals surface area contributed by atoms with Crippen LogP contribution in [0.25, 0.3) is 0 Å². The number of furan rings is 1. The molecule has 0 amide bonds. The van der Waals surface area contributed by atoms with Crippen LogP contribution in [-0.2, 0) is 9.84 Å². The van der Waals surface area contributed by atoms with Gasteiger partial charge in [-0.1, -0.05) is 27.5 Å². The van der Waals surface area contributed by atoms with Crippen LogP contribution in [0, 0.1) is 0 Å². The Bertz CT molecular complexity index is 1010. The molecule has 1 aromatic heterocycles. The minimum atomic E-state index is -3.86. The number of hydrogen-bond donors (Lipinski definition) is 0. The lowest BCUT2D eigenvalue weighted by Gasteiger charge is -2.03. The molecule has 5 nitrogen and oxygen atoms in total. The highest BCUT2D eigenvalue weighted by Crippen LogP contribution is 2.25. The third-order valence-electron chi connectivity index (χ3n) is 3.20. The van der Waals surface area contributed by atoms with E-state index in [2.05, 4.69) is 15.9 Å². The first kappa shape index (κ1) is 17.7. The molecular weight excluding hydrogens is 432 g/mol. The molecule has 2 aromatic carbocycles. The molecule has 0 aliphatic rings. The molecule has 128 valence electrons. The van der Waals surface area contributed by atoms with Gasteiger partial charge in [0.05, 0.1) is 4.90 Å². The van der Waals surface area contributed by atoms with E-state index in [1.807, 2.05) is 0 Å². The Kier molecular flexibility index (Phi) is 4.99. The quantitative estimate of drug-likeness (QED) is 0.431. The zero-order chi connectivity index (χ0) is 18.0. The summed E-state index contributed by atoms with van der Waals surface area (Å²) in [6, 6.07) is 14.7. The van der Waals surface area contributed by atoms with Gasteiger partial charge in [-0.05, 0) is 60.7 Å². The van der Waals surface area contributed by atoms with E-state index in [4.69, 9.17) is 20.8 Å². The van der Waals surface area contributed by atoms with Gasteiger partial charge in [0.2, 0.25) is 20.7 Å². The van der Waals surface area contributed by atoms with E-state index in [1.165, 1.54) is 36.4 Å². The van der Waals surface area contributed by atoms with E-state index < -0.39 is 15.8 Å². The third-order valence-corrected chi connectivity index (χ3v) is 5.62. The molecule has 1 heterocycles. The van der Waals surface area contributed by atoms with Crippen LogP contribution in [0.1, 0.15) is 10.6 Å². The summed E-state index contributed by atoms with van der Waals surface area (Å²) in [7, 11) is -3.86. The highest BCUT2D eigenvalue weighted by Gasteiger charge is 2.24. The smallest absolute Gasteiger partial charge is 0.379 e. The highest BCUT2D eigenvalue weighted by atomic mass is 79.9. The number of carbonyl (C=O) groups excluding carboxylic acids is 1. The lowest BCUT2D eigenvalue weighted by Crippen LogP contribution is -2.07. The predicted octanol–water partition coefficient (Wildman–Crippen LogP) is 4.75. The monoisotopic (exact) mass is 440 g/mol. The van der Waals surface area contributed by atoms with Crippen molar-refractivity contribution in [3.8, 4) is 5.75 Å². The van der Waals surface area contributed by atoms with Crippen LogP contribution in [0.5, 0.6) is 5.75 Å². The molecule has 0 spiro atoms. The fraction of sp³-hybridized carbons (Fsp3) is 0. The van der Waals surface area contributed by atoms with Crippen LogP contribution in [0.15, 0.2) is 79.5 Å². The number of hydrogen-bond acceptors (Lipinski definition) is 5. The maximum absolute atomic E-state index is 12.5. The van der Waals surface area contributed by atoms with E-state index in [0.29, 0.717) is 5.02 Å². The van der Waals surface area contributed by atoms with E-state index in [-0.39, 0.29) is 21.5 Å². The van der Waals surface area contributed by atoms with E-state index >= 15 is 0 Å². The van der Waals surface area contributed by atoms with Gasteiger partial charge in [-0.25, -0.2) is 13.2 Å². The van der Waals surface area contributed by atoms with Gasteiger partial charge in [0.25, 0.3) is 0 Å². The fourth-order valence-corrected chi connectivity index (χ4v) is 3.53. The summed E-state index contributed by atoms with van der Waals surface area (Å²) in [5.41, 5.74) is 0. The first-order chi connectivity index (χ1) is 11.9. The van der Waals surface area contributed by atoms with Gasteiger partial charge in [-0.3, -0.25) is 0 Å². The molecule has 0 fully saturated rings. The number of esters is 1. The Morgan fingerprint density at radius 2 is 1.60 bits per heavy atom. The SMILES string of the molecule is O=C(Oc1ccc(Cl)cc1)c1ccc(S(=O)(=O)c2ccc(Br)cc2)o1. The summed E-state index contributed by atoms with van der Waals surface area (Å²) < 4.78 is 36.1. The van der Waals surface area contributed by atoms with Crippen LogP contribution >= 0.6 is 27.5 Å². The zero-order valence-electron chi connectivity index (χ0n) is 12.5. The fourth-order valence-electron chi connectivity index (χ4n) is 1.96. The van der Waals surface area contributed by atoms with Crippen molar-refractivity contribution in [1.82, 2.24) is 0 Å². The van der Waals surface area contributed by atoms with Gasteiger partial charge >= 0.3 is 5.97 Å². The normalized spacial score (nSPS) is 11.3. The number of benzene rings is 2. The molecule has 0 radical (unpaired) electrons. The largest absolute Gasteiger partial charge is 0.437 e. The van der Waals surface area contributed by atoms with Gasteiger partial charge in [0.15, 0.2) is 0 Å². The summed E-state index contributed by atoms with van der Waals surface area (Å²) >= 11 is 9.00. The molecule has 0 saturated carbocycles. The molecule has 3 aromatic rings.